The first kappa shape index (κ1) is 13.3. The summed E-state index contributed by atoms with van der Waals surface area (Å²) in [6, 6.07) is 3.65. The molecule has 1 fully saturated rings. The van der Waals surface area contributed by atoms with Crippen LogP contribution < -0.4 is 4.90 Å². The minimum atomic E-state index is -3.71. The van der Waals surface area contributed by atoms with Gasteiger partial charge in [-0.15, -0.1) is 0 Å². The van der Waals surface area contributed by atoms with Gasteiger partial charge in [0.2, 0.25) is 15.0 Å². The Bertz CT molecular complexity index is 573. The second-order valence-corrected chi connectivity index (χ2v) is 7.09. The summed E-state index contributed by atoms with van der Waals surface area (Å²) in [5, 5.41) is -0.848. The molecule has 1 saturated heterocycles. The molecule has 1 amide bonds. The number of aryl methyl sites for hydroxylation is 1. The molecule has 1 aromatic heterocycles. The average molecular weight is 289 g/mol. The van der Waals surface area contributed by atoms with Crippen molar-refractivity contribution in [2.24, 2.45) is 0 Å². The first-order valence-electron chi connectivity index (χ1n) is 5.60. The summed E-state index contributed by atoms with van der Waals surface area (Å²) < 4.78 is 22.5. The minimum Gasteiger partial charge on any atom is -0.295 e. The molecule has 0 radical (unpaired) electrons. The molecule has 98 valence electrons. The maximum atomic E-state index is 11.8. The first-order valence-corrected chi connectivity index (χ1v) is 7.98. The highest BCUT2D eigenvalue weighted by Crippen LogP contribution is 2.25. The fourth-order valence-corrected chi connectivity index (χ4v) is 2.94. The van der Waals surface area contributed by atoms with Crippen molar-refractivity contribution in [3.63, 3.8) is 0 Å². The zero-order valence-corrected chi connectivity index (χ0v) is 11.4. The van der Waals surface area contributed by atoms with Gasteiger partial charge in [0, 0.05) is 29.8 Å². The molecular weight excluding hydrogens is 276 g/mol. The van der Waals surface area contributed by atoms with Gasteiger partial charge < -0.3 is 0 Å². The molecule has 0 spiro atoms. The SMILES string of the molecule is CCc1ccnc(N2CC(S(=O)(=O)Cl)CC2=O)c1. The molecule has 0 aliphatic carbocycles. The molecule has 2 heterocycles. The van der Waals surface area contributed by atoms with Crippen molar-refractivity contribution in [1.82, 2.24) is 4.98 Å². The maximum absolute atomic E-state index is 11.8. The normalized spacial score (nSPS) is 20.4. The van der Waals surface area contributed by atoms with E-state index in [1.165, 1.54) is 4.90 Å². The average Bonchev–Trinajstić information content (AvgIpc) is 2.71. The van der Waals surface area contributed by atoms with E-state index in [0.717, 1.165) is 12.0 Å². The van der Waals surface area contributed by atoms with Gasteiger partial charge in [-0.05, 0) is 24.1 Å². The molecule has 0 aromatic carbocycles. The Labute approximate surface area is 110 Å². The quantitative estimate of drug-likeness (QED) is 0.787. The number of rotatable bonds is 3. The van der Waals surface area contributed by atoms with E-state index in [4.69, 9.17) is 10.7 Å². The summed E-state index contributed by atoms with van der Waals surface area (Å²) >= 11 is 0. The molecule has 0 bridgehead atoms. The standard InChI is InChI=1S/C11H13ClN2O3S/c1-2-8-3-4-13-10(5-8)14-7-9(6-11(14)15)18(12,16)17/h3-5,9H,2,6-7H2,1H3. The van der Waals surface area contributed by atoms with E-state index in [9.17, 15) is 13.2 Å². The third-order valence-corrected chi connectivity index (χ3v) is 4.85. The van der Waals surface area contributed by atoms with Crippen molar-refractivity contribution < 1.29 is 13.2 Å². The van der Waals surface area contributed by atoms with Gasteiger partial charge in [-0.1, -0.05) is 6.92 Å². The Balaban J connectivity index is 2.27. The maximum Gasteiger partial charge on any atom is 0.237 e. The van der Waals surface area contributed by atoms with Gasteiger partial charge in [0.1, 0.15) is 11.1 Å². The van der Waals surface area contributed by atoms with Crippen molar-refractivity contribution in [2.45, 2.75) is 25.0 Å². The Kier molecular flexibility index (Phi) is 3.59. The second-order valence-electron chi connectivity index (χ2n) is 4.18. The van der Waals surface area contributed by atoms with Crippen LogP contribution >= 0.6 is 10.7 Å². The largest absolute Gasteiger partial charge is 0.295 e. The van der Waals surface area contributed by atoms with Crippen LogP contribution in [0.2, 0.25) is 0 Å². The topological polar surface area (TPSA) is 67.3 Å². The van der Waals surface area contributed by atoms with Gasteiger partial charge in [-0.25, -0.2) is 13.4 Å². The second kappa shape index (κ2) is 4.85. The van der Waals surface area contributed by atoms with Crippen LogP contribution in [0.15, 0.2) is 18.3 Å². The van der Waals surface area contributed by atoms with Crippen molar-refractivity contribution in [2.75, 3.05) is 11.4 Å². The van der Waals surface area contributed by atoms with Crippen molar-refractivity contribution >= 4 is 31.5 Å². The lowest BCUT2D eigenvalue weighted by Gasteiger charge is -2.15. The van der Waals surface area contributed by atoms with E-state index >= 15 is 0 Å². The van der Waals surface area contributed by atoms with Crippen molar-refractivity contribution in [1.29, 1.82) is 0 Å². The van der Waals surface area contributed by atoms with Crippen LogP contribution in [0.25, 0.3) is 0 Å². The van der Waals surface area contributed by atoms with E-state index in [-0.39, 0.29) is 18.9 Å². The number of hydrogen-bond donors (Lipinski definition) is 0. The molecule has 0 saturated carbocycles. The fourth-order valence-electron chi connectivity index (χ4n) is 1.91. The molecule has 0 N–H and O–H groups in total. The molecule has 1 aliphatic heterocycles. The lowest BCUT2D eigenvalue weighted by atomic mass is 10.2. The van der Waals surface area contributed by atoms with Crippen LogP contribution in [0.4, 0.5) is 5.82 Å². The zero-order valence-electron chi connectivity index (χ0n) is 9.84. The van der Waals surface area contributed by atoms with E-state index in [1.807, 2.05) is 13.0 Å². The van der Waals surface area contributed by atoms with Gasteiger partial charge in [-0.2, -0.15) is 0 Å². The van der Waals surface area contributed by atoms with E-state index in [2.05, 4.69) is 4.98 Å². The number of carbonyl (C=O) groups excluding carboxylic acids is 1. The van der Waals surface area contributed by atoms with Crippen LogP contribution in [0.3, 0.4) is 0 Å². The number of pyridine rings is 1. The summed E-state index contributed by atoms with van der Waals surface area (Å²) in [4.78, 5) is 17.3. The number of anilines is 1. The van der Waals surface area contributed by atoms with Crippen LogP contribution in [-0.2, 0) is 20.3 Å². The summed E-state index contributed by atoms with van der Waals surface area (Å²) in [7, 11) is 1.58. The number of aromatic nitrogens is 1. The Morgan fingerprint density at radius 3 is 2.83 bits per heavy atom. The summed E-state index contributed by atoms with van der Waals surface area (Å²) in [6.07, 6.45) is 2.36. The highest BCUT2D eigenvalue weighted by Gasteiger charge is 2.38. The molecule has 2 rings (SSSR count). The van der Waals surface area contributed by atoms with Gasteiger partial charge in [0.15, 0.2) is 0 Å². The molecule has 1 atom stereocenters. The van der Waals surface area contributed by atoms with Crippen LogP contribution in [0, 0.1) is 0 Å². The van der Waals surface area contributed by atoms with Gasteiger partial charge in [-0.3, -0.25) is 9.69 Å². The molecule has 1 aliphatic rings. The van der Waals surface area contributed by atoms with Crippen molar-refractivity contribution in [3.05, 3.63) is 23.9 Å². The van der Waals surface area contributed by atoms with E-state index in [0.29, 0.717) is 5.82 Å². The monoisotopic (exact) mass is 288 g/mol. The third kappa shape index (κ3) is 2.64. The summed E-state index contributed by atoms with van der Waals surface area (Å²) in [6.45, 7) is 2.07. The fraction of sp³-hybridized carbons (Fsp3) is 0.455. The highest BCUT2D eigenvalue weighted by atomic mass is 35.7. The molecular formula is C11H13ClN2O3S. The molecule has 5 nitrogen and oxygen atoms in total. The van der Waals surface area contributed by atoms with Gasteiger partial charge in [0.05, 0.1) is 0 Å². The van der Waals surface area contributed by atoms with Gasteiger partial charge in [0.25, 0.3) is 0 Å². The van der Waals surface area contributed by atoms with Crippen LogP contribution in [0.5, 0.6) is 0 Å². The number of halogens is 1. The Hall–Kier alpha value is -1.14. The Morgan fingerprint density at radius 2 is 2.28 bits per heavy atom. The minimum absolute atomic E-state index is 0.0742. The van der Waals surface area contributed by atoms with Crippen LogP contribution in [-0.4, -0.2) is 31.1 Å². The molecule has 1 unspecified atom stereocenters. The molecule has 18 heavy (non-hydrogen) atoms. The molecule has 7 heteroatoms. The highest BCUT2D eigenvalue weighted by molar-refractivity contribution is 8.14. The van der Waals surface area contributed by atoms with Crippen molar-refractivity contribution in [3.8, 4) is 0 Å². The van der Waals surface area contributed by atoms with E-state index in [1.54, 1.807) is 12.3 Å². The lowest BCUT2D eigenvalue weighted by Crippen LogP contribution is -2.27. The number of nitrogens with zero attached hydrogens (tertiary/aromatic N) is 2. The first-order chi connectivity index (χ1) is 8.41. The predicted octanol–water partition coefficient (Wildman–Crippen LogP) is 1.32. The third-order valence-electron chi connectivity index (χ3n) is 2.98. The van der Waals surface area contributed by atoms with Gasteiger partial charge >= 0.3 is 0 Å². The predicted molar refractivity (Wildman–Crippen MR) is 69.1 cm³/mol. The smallest absolute Gasteiger partial charge is 0.237 e. The zero-order chi connectivity index (χ0) is 13.3. The Morgan fingerprint density at radius 1 is 1.56 bits per heavy atom. The number of hydrogen-bond acceptors (Lipinski definition) is 4. The number of amides is 1. The van der Waals surface area contributed by atoms with Crippen LogP contribution in [0.1, 0.15) is 18.9 Å². The molecule has 1 aromatic rings. The van der Waals surface area contributed by atoms with E-state index < -0.39 is 14.3 Å². The number of carbonyl (C=O) groups is 1. The summed E-state index contributed by atoms with van der Waals surface area (Å²) in [5.74, 6) is 0.229. The lowest BCUT2D eigenvalue weighted by molar-refractivity contribution is -0.117. The summed E-state index contributed by atoms with van der Waals surface area (Å²) in [5.41, 5.74) is 1.05.